The quantitative estimate of drug-likeness (QED) is 0.413. The molecule has 0 fully saturated rings. The van der Waals surface area contributed by atoms with E-state index in [-0.39, 0.29) is 12.0 Å². The fourth-order valence-electron chi connectivity index (χ4n) is 4.12. The van der Waals surface area contributed by atoms with Crippen molar-refractivity contribution in [1.82, 2.24) is 9.38 Å². The molecule has 1 aliphatic heterocycles. The Morgan fingerprint density at radius 3 is 2.91 bits per heavy atom. The van der Waals surface area contributed by atoms with Crippen LogP contribution in [0, 0.1) is 6.92 Å². The predicted molar refractivity (Wildman–Crippen MR) is 130 cm³/mol. The molecule has 2 aromatic carbocycles. The molecule has 0 bridgehead atoms. The Bertz CT molecular complexity index is 1360. The maximum Gasteiger partial charge on any atom is 0.255 e. The van der Waals surface area contributed by atoms with E-state index in [1.807, 2.05) is 67.9 Å². The average molecular weight is 458 g/mol. The number of fused-ring (bicyclic) bond motifs is 2. The zero-order valence-electron chi connectivity index (χ0n) is 19.5. The molecule has 1 aliphatic rings. The van der Waals surface area contributed by atoms with E-state index in [0.29, 0.717) is 36.0 Å². The van der Waals surface area contributed by atoms with Crippen molar-refractivity contribution >= 4 is 17.2 Å². The molecule has 1 atom stereocenters. The summed E-state index contributed by atoms with van der Waals surface area (Å²) in [4.78, 5) is 17.6. The van der Waals surface area contributed by atoms with Gasteiger partial charge in [-0.2, -0.15) is 0 Å². The molecule has 4 aromatic rings. The molecule has 0 aliphatic carbocycles. The molecule has 0 spiro atoms. The number of rotatable bonds is 7. The van der Waals surface area contributed by atoms with Crippen molar-refractivity contribution in [1.29, 1.82) is 0 Å². The van der Waals surface area contributed by atoms with Gasteiger partial charge in [-0.3, -0.25) is 4.79 Å². The minimum absolute atomic E-state index is 0.112. The van der Waals surface area contributed by atoms with Gasteiger partial charge < -0.3 is 23.9 Å². The number of anilines is 1. The summed E-state index contributed by atoms with van der Waals surface area (Å²) < 4.78 is 19.5. The van der Waals surface area contributed by atoms with E-state index in [4.69, 9.17) is 14.2 Å². The maximum atomic E-state index is 13.0. The molecule has 1 unspecified atom stereocenters. The van der Waals surface area contributed by atoms with Gasteiger partial charge in [0.05, 0.1) is 18.0 Å². The van der Waals surface area contributed by atoms with Gasteiger partial charge in [0.2, 0.25) is 0 Å². The van der Waals surface area contributed by atoms with E-state index in [1.165, 1.54) is 0 Å². The number of amides is 1. The van der Waals surface area contributed by atoms with Gasteiger partial charge in [-0.1, -0.05) is 12.1 Å². The van der Waals surface area contributed by atoms with Crippen LogP contribution in [0.4, 0.5) is 5.69 Å². The Kier molecular flexibility index (Phi) is 5.84. The number of hydrogen-bond acceptors (Lipinski definition) is 5. The molecule has 3 heterocycles. The Labute approximate surface area is 198 Å². The van der Waals surface area contributed by atoms with E-state index in [1.54, 1.807) is 18.2 Å². The lowest BCUT2D eigenvalue weighted by Crippen LogP contribution is -2.13. The van der Waals surface area contributed by atoms with Gasteiger partial charge in [0.1, 0.15) is 35.6 Å². The molecule has 7 nitrogen and oxygen atoms in total. The molecular weight excluding hydrogens is 430 g/mol. The van der Waals surface area contributed by atoms with Crippen LogP contribution in [0.5, 0.6) is 17.2 Å². The second-order valence-electron chi connectivity index (χ2n) is 8.50. The van der Waals surface area contributed by atoms with Crippen LogP contribution in [0.25, 0.3) is 5.65 Å². The first-order valence-corrected chi connectivity index (χ1v) is 11.4. The number of ether oxygens (including phenoxy) is 3. The van der Waals surface area contributed by atoms with Crippen molar-refractivity contribution < 1.29 is 19.0 Å². The highest BCUT2D eigenvalue weighted by Gasteiger charge is 2.23. The molecule has 1 amide bonds. The first-order chi connectivity index (χ1) is 16.5. The van der Waals surface area contributed by atoms with Crippen molar-refractivity contribution in [2.75, 3.05) is 11.9 Å². The van der Waals surface area contributed by atoms with Gasteiger partial charge in [0, 0.05) is 36.0 Å². The summed E-state index contributed by atoms with van der Waals surface area (Å²) in [5.74, 6) is 1.77. The molecule has 1 N–H and O–H groups in total. The number of nitrogens with zero attached hydrogens (tertiary/aromatic N) is 2. The van der Waals surface area contributed by atoms with Crippen LogP contribution in [0.2, 0.25) is 0 Å². The zero-order chi connectivity index (χ0) is 23.7. The molecular formula is C27H27N3O4. The summed E-state index contributed by atoms with van der Waals surface area (Å²) in [5, 5.41) is 2.97. The topological polar surface area (TPSA) is 74.1 Å². The molecule has 0 saturated carbocycles. The minimum atomic E-state index is -0.249. The number of imidazole rings is 1. The number of aryl methyl sites for hydroxylation is 1. The molecule has 2 aromatic heterocycles. The number of aromatic nitrogens is 2. The van der Waals surface area contributed by atoms with Crippen molar-refractivity contribution in [3.63, 3.8) is 0 Å². The Balaban J connectivity index is 1.30. The highest BCUT2D eigenvalue weighted by atomic mass is 16.5. The van der Waals surface area contributed by atoms with Crippen LogP contribution in [0.1, 0.15) is 41.0 Å². The fraction of sp³-hybridized carbons (Fsp3) is 0.259. The van der Waals surface area contributed by atoms with Crippen LogP contribution < -0.4 is 19.5 Å². The fourth-order valence-corrected chi connectivity index (χ4v) is 4.12. The molecule has 174 valence electrons. The number of benzene rings is 2. The third-order valence-electron chi connectivity index (χ3n) is 5.68. The molecule has 7 heteroatoms. The van der Waals surface area contributed by atoms with Crippen LogP contribution in [0.3, 0.4) is 0 Å². The SMILES string of the molecule is CCOc1cc2c(cc1NC(=O)c1cccc(OCc3cn4cc(C)ccc4n3)c1)OC(C)C2. The first-order valence-electron chi connectivity index (χ1n) is 11.4. The van der Waals surface area contributed by atoms with E-state index in [2.05, 4.69) is 10.3 Å². The second-order valence-corrected chi connectivity index (χ2v) is 8.50. The molecule has 0 saturated heterocycles. The zero-order valence-corrected chi connectivity index (χ0v) is 19.5. The van der Waals surface area contributed by atoms with Crippen molar-refractivity contribution in [3.8, 4) is 17.2 Å². The minimum Gasteiger partial charge on any atom is -0.492 e. The lowest BCUT2D eigenvalue weighted by atomic mass is 10.1. The second kappa shape index (κ2) is 9.09. The summed E-state index contributed by atoms with van der Waals surface area (Å²) >= 11 is 0. The van der Waals surface area contributed by atoms with Crippen LogP contribution >= 0.6 is 0 Å². The predicted octanol–water partition coefficient (Wildman–Crippen LogP) is 5.20. The molecule has 5 rings (SSSR count). The Morgan fingerprint density at radius 1 is 1.18 bits per heavy atom. The van der Waals surface area contributed by atoms with Gasteiger partial charge in [-0.15, -0.1) is 0 Å². The van der Waals surface area contributed by atoms with E-state index in [9.17, 15) is 4.79 Å². The smallest absolute Gasteiger partial charge is 0.255 e. The normalized spacial score (nSPS) is 14.5. The Morgan fingerprint density at radius 2 is 2.06 bits per heavy atom. The summed E-state index contributed by atoms with van der Waals surface area (Å²) in [5.41, 5.74) is 5.01. The van der Waals surface area contributed by atoms with E-state index < -0.39 is 0 Å². The first kappa shape index (κ1) is 21.8. The third-order valence-corrected chi connectivity index (χ3v) is 5.68. The summed E-state index contributed by atoms with van der Waals surface area (Å²) in [7, 11) is 0. The van der Waals surface area contributed by atoms with E-state index >= 15 is 0 Å². The van der Waals surface area contributed by atoms with Gasteiger partial charge in [-0.05, 0) is 56.7 Å². The Hall–Kier alpha value is -4.00. The van der Waals surface area contributed by atoms with Gasteiger partial charge in [0.25, 0.3) is 5.91 Å². The standard InChI is InChI=1S/C27H27N3O4/c1-4-32-25-12-20-10-18(3)34-24(20)13-23(25)29-27(31)19-6-5-7-22(11-19)33-16-21-15-30-14-17(2)8-9-26(30)28-21/h5-9,11-15,18H,4,10,16H2,1-3H3,(H,29,31). The van der Waals surface area contributed by atoms with Gasteiger partial charge >= 0.3 is 0 Å². The maximum absolute atomic E-state index is 13.0. The highest BCUT2D eigenvalue weighted by molar-refractivity contribution is 6.05. The average Bonchev–Trinajstić information content (AvgIpc) is 3.39. The largest absolute Gasteiger partial charge is 0.492 e. The number of hydrogen-bond donors (Lipinski definition) is 1. The lowest BCUT2D eigenvalue weighted by molar-refractivity contribution is 0.102. The lowest BCUT2D eigenvalue weighted by Gasteiger charge is -2.14. The third kappa shape index (κ3) is 4.55. The summed E-state index contributed by atoms with van der Waals surface area (Å²) in [6.07, 6.45) is 4.92. The number of carbonyl (C=O) groups excluding carboxylic acids is 1. The van der Waals surface area contributed by atoms with Crippen LogP contribution in [-0.2, 0) is 13.0 Å². The van der Waals surface area contributed by atoms with E-state index in [0.717, 1.165) is 34.6 Å². The van der Waals surface area contributed by atoms with Crippen molar-refractivity contribution in [3.05, 3.63) is 83.3 Å². The molecule has 0 radical (unpaired) electrons. The monoisotopic (exact) mass is 457 g/mol. The highest BCUT2D eigenvalue weighted by Crippen LogP contribution is 2.38. The van der Waals surface area contributed by atoms with Crippen LogP contribution in [-0.4, -0.2) is 28.0 Å². The summed E-state index contributed by atoms with van der Waals surface area (Å²) in [6, 6.07) is 14.9. The number of carbonyl (C=O) groups is 1. The molecule has 34 heavy (non-hydrogen) atoms. The van der Waals surface area contributed by atoms with Crippen molar-refractivity contribution in [2.45, 2.75) is 39.9 Å². The number of nitrogens with one attached hydrogen (secondary N) is 1. The van der Waals surface area contributed by atoms with Gasteiger partial charge in [0.15, 0.2) is 0 Å². The van der Waals surface area contributed by atoms with Gasteiger partial charge in [-0.25, -0.2) is 4.98 Å². The van der Waals surface area contributed by atoms with Crippen LogP contribution in [0.15, 0.2) is 60.9 Å². The van der Waals surface area contributed by atoms with Crippen molar-refractivity contribution in [2.24, 2.45) is 0 Å². The number of pyridine rings is 1. The summed E-state index contributed by atoms with van der Waals surface area (Å²) in [6.45, 7) is 6.80.